The first kappa shape index (κ1) is 10.8. The number of aliphatic hydroxyl groups is 1. The summed E-state index contributed by atoms with van der Waals surface area (Å²) in [7, 11) is 0. The van der Waals surface area contributed by atoms with E-state index in [0.29, 0.717) is 5.15 Å². The lowest BCUT2D eigenvalue weighted by Gasteiger charge is -2.18. The van der Waals surface area contributed by atoms with Crippen LogP contribution in [0.5, 0.6) is 0 Å². The molecule has 2 rings (SSSR count). The van der Waals surface area contributed by atoms with Crippen molar-refractivity contribution in [3.05, 3.63) is 28.2 Å². The number of hydrogen-bond donors (Lipinski definition) is 2. The Balaban J connectivity index is 2.56. The zero-order valence-corrected chi connectivity index (χ0v) is 9.77. The monoisotopic (exact) mass is 242 g/mol. The van der Waals surface area contributed by atoms with Crippen LogP contribution in [0.15, 0.2) is 18.2 Å². The van der Waals surface area contributed by atoms with E-state index in [1.165, 1.54) is 11.3 Å². The summed E-state index contributed by atoms with van der Waals surface area (Å²) in [6, 6.07) is 5.46. The van der Waals surface area contributed by atoms with Crippen molar-refractivity contribution in [2.24, 2.45) is 5.73 Å². The first-order valence-electron chi connectivity index (χ1n) is 4.52. The summed E-state index contributed by atoms with van der Waals surface area (Å²) >= 11 is 7.27. The molecule has 0 saturated heterocycles. The highest BCUT2D eigenvalue weighted by Gasteiger charge is 2.23. The van der Waals surface area contributed by atoms with Crippen LogP contribution in [-0.2, 0) is 5.60 Å². The molecule has 2 aromatic rings. The van der Waals surface area contributed by atoms with Crippen LogP contribution in [0.2, 0.25) is 5.15 Å². The van der Waals surface area contributed by atoms with Crippen molar-refractivity contribution in [2.45, 2.75) is 12.5 Å². The van der Waals surface area contributed by atoms with E-state index in [-0.39, 0.29) is 6.54 Å². The number of fused-ring (bicyclic) bond motifs is 1. The van der Waals surface area contributed by atoms with Gasteiger partial charge in [0.1, 0.15) is 10.8 Å². The average Bonchev–Trinajstić information content (AvgIpc) is 2.61. The molecule has 80 valence electrons. The highest BCUT2D eigenvalue weighted by atomic mass is 35.5. The van der Waals surface area contributed by atoms with Crippen molar-refractivity contribution in [1.82, 2.24) is 4.98 Å². The van der Waals surface area contributed by atoms with Gasteiger partial charge in [0.15, 0.2) is 0 Å². The van der Waals surface area contributed by atoms with Gasteiger partial charge in [0.25, 0.3) is 0 Å². The zero-order chi connectivity index (χ0) is 11.1. The van der Waals surface area contributed by atoms with Gasteiger partial charge < -0.3 is 10.8 Å². The predicted molar refractivity (Wildman–Crippen MR) is 63.3 cm³/mol. The molecule has 0 radical (unpaired) electrons. The minimum Gasteiger partial charge on any atom is -0.383 e. The molecule has 0 aromatic carbocycles. The van der Waals surface area contributed by atoms with Gasteiger partial charge in [-0.2, -0.15) is 0 Å². The molecule has 0 spiro atoms. The van der Waals surface area contributed by atoms with Crippen molar-refractivity contribution in [3.8, 4) is 0 Å². The topological polar surface area (TPSA) is 59.1 Å². The molecule has 3 N–H and O–H groups in total. The molecule has 2 aromatic heterocycles. The molecule has 2 heterocycles. The number of halogens is 1. The SMILES string of the molecule is CC(O)(CN)c1cc2nc(Cl)ccc2s1. The Labute approximate surface area is 96.5 Å². The quantitative estimate of drug-likeness (QED) is 0.793. The van der Waals surface area contributed by atoms with E-state index in [4.69, 9.17) is 17.3 Å². The number of nitrogens with zero attached hydrogens (tertiary/aromatic N) is 1. The van der Waals surface area contributed by atoms with E-state index in [2.05, 4.69) is 4.98 Å². The maximum absolute atomic E-state index is 9.99. The van der Waals surface area contributed by atoms with E-state index >= 15 is 0 Å². The maximum atomic E-state index is 9.99. The standard InChI is InChI=1S/C10H11ClN2OS/c1-10(14,5-12)8-4-6-7(15-8)2-3-9(11)13-6/h2-4,14H,5,12H2,1H3. The average molecular weight is 243 g/mol. The third-order valence-electron chi connectivity index (χ3n) is 2.27. The van der Waals surface area contributed by atoms with Crippen LogP contribution in [0.3, 0.4) is 0 Å². The fourth-order valence-corrected chi connectivity index (χ4v) is 2.48. The molecule has 0 saturated carbocycles. The smallest absolute Gasteiger partial charge is 0.129 e. The molecule has 0 fully saturated rings. The second-order valence-electron chi connectivity index (χ2n) is 3.61. The normalized spacial score (nSPS) is 15.5. The van der Waals surface area contributed by atoms with E-state index < -0.39 is 5.60 Å². The molecule has 0 bridgehead atoms. The van der Waals surface area contributed by atoms with Crippen molar-refractivity contribution in [2.75, 3.05) is 6.54 Å². The number of aromatic nitrogens is 1. The lowest BCUT2D eigenvalue weighted by Crippen LogP contribution is -2.30. The van der Waals surface area contributed by atoms with Crippen molar-refractivity contribution < 1.29 is 5.11 Å². The van der Waals surface area contributed by atoms with Crippen LogP contribution in [0.4, 0.5) is 0 Å². The third kappa shape index (κ3) is 1.99. The number of nitrogens with two attached hydrogens (primary N) is 1. The van der Waals surface area contributed by atoms with Crippen LogP contribution in [0, 0.1) is 0 Å². The Morgan fingerprint density at radius 2 is 2.33 bits per heavy atom. The van der Waals surface area contributed by atoms with Crippen LogP contribution in [-0.4, -0.2) is 16.6 Å². The summed E-state index contributed by atoms with van der Waals surface area (Å²) < 4.78 is 1.00. The van der Waals surface area contributed by atoms with Gasteiger partial charge in [0, 0.05) is 11.4 Å². The molecule has 0 aliphatic carbocycles. The molecule has 0 aliphatic rings. The van der Waals surface area contributed by atoms with Gasteiger partial charge in [-0.1, -0.05) is 11.6 Å². The number of rotatable bonds is 2. The summed E-state index contributed by atoms with van der Waals surface area (Å²) in [4.78, 5) is 4.98. The Morgan fingerprint density at radius 1 is 1.60 bits per heavy atom. The highest BCUT2D eigenvalue weighted by Crippen LogP contribution is 2.32. The molecule has 15 heavy (non-hydrogen) atoms. The molecular formula is C10H11ClN2OS. The summed E-state index contributed by atoms with van der Waals surface area (Å²) in [5.74, 6) is 0. The van der Waals surface area contributed by atoms with Gasteiger partial charge in [0.2, 0.25) is 0 Å². The van der Waals surface area contributed by atoms with Gasteiger partial charge in [-0.15, -0.1) is 11.3 Å². The van der Waals surface area contributed by atoms with Gasteiger partial charge >= 0.3 is 0 Å². The maximum Gasteiger partial charge on any atom is 0.129 e. The number of pyridine rings is 1. The first-order chi connectivity index (χ1) is 7.03. The second kappa shape index (κ2) is 3.72. The molecule has 1 atom stereocenters. The fraction of sp³-hybridized carbons (Fsp3) is 0.300. The highest BCUT2D eigenvalue weighted by molar-refractivity contribution is 7.19. The molecular weight excluding hydrogens is 232 g/mol. The van der Waals surface area contributed by atoms with Crippen LogP contribution in [0.1, 0.15) is 11.8 Å². The molecule has 3 nitrogen and oxygen atoms in total. The first-order valence-corrected chi connectivity index (χ1v) is 5.71. The minimum absolute atomic E-state index is 0.188. The Bertz CT molecular complexity index is 495. The number of hydrogen-bond acceptors (Lipinski definition) is 4. The Kier molecular flexibility index (Phi) is 2.68. The van der Waals surface area contributed by atoms with Crippen molar-refractivity contribution in [3.63, 3.8) is 0 Å². The lowest BCUT2D eigenvalue weighted by molar-refractivity contribution is 0.0708. The van der Waals surface area contributed by atoms with Crippen LogP contribution >= 0.6 is 22.9 Å². The van der Waals surface area contributed by atoms with Crippen LogP contribution in [0.25, 0.3) is 10.2 Å². The molecule has 1 unspecified atom stereocenters. The number of thiophene rings is 1. The Hall–Kier alpha value is -0.680. The van der Waals surface area contributed by atoms with E-state index in [1.807, 2.05) is 12.1 Å². The largest absolute Gasteiger partial charge is 0.383 e. The van der Waals surface area contributed by atoms with Gasteiger partial charge in [0.05, 0.1) is 10.2 Å². The summed E-state index contributed by atoms with van der Waals surface area (Å²) in [5.41, 5.74) is 5.31. The third-order valence-corrected chi connectivity index (χ3v) is 3.82. The van der Waals surface area contributed by atoms with Crippen molar-refractivity contribution >= 4 is 33.2 Å². The van der Waals surface area contributed by atoms with E-state index in [1.54, 1.807) is 13.0 Å². The summed E-state index contributed by atoms with van der Waals surface area (Å²) in [6.07, 6.45) is 0. The minimum atomic E-state index is -0.988. The van der Waals surface area contributed by atoms with Gasteiger partial charge in [-0.3, -0.25) is 0 Å². The molecule has 0 aliphatic heterocycles. The van der Waals surface area contributed by atoms with Gasteiger partial charge in [-0.25, -0.2) is 4.98 Å². The van der Waals surface area contributed by atoms with Crippen LogP contribution < -0.4 is 5.73 Å². The lowest BCUT2D eigenvalue weighted by atomic mass is 10.1. The fourth-order valence-electron chi connectivity index (χ4n) is 1.27. The molecule has 5 heteroatoms. The summed E-state index contributed by atoms with van der Waals surface area (Å²) in [5, 5.41) is 10.4. The zero-order valence-electron chi connectivity index (χ0n) is 8.20. The van der Waals surface area contributed by atoms with Gasteiger partial charge in [-0.05, 0) is 25.1 Å². The molecule has 0 amide bonds. The van der Waals surface area contributed by atoms with E-state index in [9.17, 15) is 5.11 Å². The predicted octanol–water partition coefficient (Wildman–Crippen LogP) is 2.12. The summed E-state index contributed by atoms with van der Waals surface area (Å²) in [6.45, 7) is 1.88. The Morgan fingerprint density at radius 3 is 3.00 bits per heavy atom. The van der Waals surface area contributed by atoms with Crippen molar-refractivity contribution in [1.29, 1.82) is 0 Å². The second-order valence-corrected chi connectivity index (χ2v) is 5.08. The van der Waals surface area contributed by atoms with E-state index in [0.717, 1.165) is 15.1 Å².